The van der Waals surface area contributed by atoms with Crippen LogP contribution in [0.15, 0.2) is 12.4 Å². The third kappa shape index (κ3) is 2.50. The first-order valence-electron chi connectivity index (χ1n) is 5.50. The molecule has 0 bridgehead atoms. The van der Waals surface area contributed by atoms with Gasteiger partial charge in [-0.05, 0) is 31.2 Å². The minimum absolute atomic E-state index is 0.490. The normalized spacial score (nSPS) is 12.0. The van der Waals surface area contributed by atoms with Crippen LogP contribution in [0.1, 0.15) is 20.8 Å². The van der Waals surface area contributed by atoms with E-state index >= 15 is 0 Å². The minimum atomic E-state index is -0.786. The van der Waals surface area contributed by atoms with Crippen LogP contribution in [-0.2, 0) is 0 Å². The topological polar surface area (TPSA) is 79.4 Å². The van der Waals surface area contributed by atoms with E-state index in [1.54, 1.807) is 30.8 Å². The summed E-state index contributed by atoms with van der Waals surface area (Å²) >= 11 is 0. The van der Waals surface area contributed by atoms with E-state index in [2.05, 4.69) is 20.5 Å². The van der Waals surface area contributed by atoms with Crippen LogP contribution >= 0.6 is 0 Å². The van der Waals surface area contributed by atoms with Crippen LogP contribution in [0.2, 0.25) is 0 Å². The van der Waals surface area contributed by atoms with Gasteiger partial charge in [-0.1, -0.05) is 0 Å². The Bertz CT molecular complexity index is 503. The summed E-state index contributed by atoms with van der Waals surface area (Å²) in [6, 6.07) is 0. The van der Waals surface area contributed by atoms with E-state index < -0.39 is 5.60 Å². The van der Waals surface area contributed by atoms with E-state index in [0.717, 1.165) is 12.4 Å². The standard InChI is InChI=1S/C10H16N6O/c1-4-15(7-10(2,3)17)9-6-11-5-8-12-13-14-16(8)9/h5-6,17H,4,7H2,1-3H3. The first kappa shape index (κ1) is 11.7. The molecule has 2 heterocycles. The molecule has 2 aromatic rings. The molecule has 0 aliphatic heterocycles. The van der Waals surface area contributed by atoms with Gasteiger partial charge in [0.2, 0.25) is 0 Å². The van der Waals surface area contributed by atoms with Crippen LogP contribution in [0.5, 0.6) is 0 Å². The van der Waals surface area contributed by atoms with Gasteiger partial charge in [-0.3, -0.25) is 4.98 Å². The number of nitrogens with zero attached hydrogens (tertiary/aromatic N) is 6. The van der Waals surface area contributed by atoms with Crippen molar-refractivity contribution >= 4 is 11.5 Å². The van der Waals surface area contributed by atoms with Crippen molar-refractivity contribution in [3.63, 3.8) is 0 Å². The molecule has 0 amide bonds. The molecule has 7 heteroatoms. The molecule has 7 nitrogen and oxygen atoms in total. The molecule has 2 rings (SSSR count). The molecule has 0 radical (unpaired) electrons. The number of tetrazole rings is 1. The zero-order valence-electron chi connectivity index (χ0n) is 10.2. The molecule has 0 aliphatic rings. The van der Waals surface area contributed by atoms with Crippen molar-refractivity contribution in [1.82, 2.24) is 25.0 Å². The van der Waals surface area contributed by atoms with Crippen LogP contribution in [0.4, 0.5) is 5.82 Å². The number of hydrogen-bond donors (Lipinski definition) is 1. The Morgan fingerprint density at radius 1 is 1.41 bits per heavy atom. The fourth-order valence-corrected chi connectivity index (χ4v) is 1.70. The molecular formula is C10H16N6O. The van der Waals surface area contributed by atoms with Gasteiger partial charge in [-0.2, -0.15) is 4.52 Å². The Morgan fingerprint density at radius 2 is 2.18 bits per heavy atom. The Hall–Kier alpha value is -1.76. The second-order valence-corrected chi connectivity index (χ2v) is 4.54. The Morgan fingerprint density at radius 3 is 2.82 bits per heavy atom. The van der Waals surface area contributed by atoms with Gasteiger partial charge in [0.25, 0.3) is 0 Å². The summed E-state index contributed by atoms with van der Waals surface area (Å²) in [7, 11) is 0. The van der Waals surface area contributed by atoms with E-state index in [4.69, 9.17) is 0 Å². The van der Waals surface area contributed by atoms with Crippen molar-refractivity contribution in [2.24, 2.45) is 0 Å². The van der Waals surface area contributed by atoms with Gasteiger partial charge in [-0.15, -0.1) is 5.10 Å². The fourth-order valence-electron chi connectivity index (χ4n) is 1.70. The number of likely N-dealkylation sites (N-methyl/N-ethyl adjacent to an activating group) is 1. The molecule has 1 N–H and O–H groups in total. The Kier molecular flexibility index (Phi) is 2.93. The lowest BCUT2D eigenvalue weighted by Crippen LogP contribution is -2.39. The third-order valence-electron chi connectivity index (χ3n) is 2.37. The van der Waals surface area contributed by atoms with Crippen LogP contribution in [0, 0.1) is 0 Å². The van der Waals surface area contributed by atoms with Crippen molar-refractivity contribution in [3.8, 4) is 0 Å². The maximum atomic E-state index is 9.88. The van der Waals surface area contributed by atoms with E-state index in [9.17, 15) is 5.11 Å². The van der Waals surface area contributed by atoms with Crippen molar-refractivity contribution < 1.29 is 5.11 Å². The summed E-state index contributed by atoms with van der Waals surface area (Å²) in [5.41, 5.74) is -0.191. The monoisotopic (exact) mass is 236 g/mol. The minimum Gasteiger partial charge on any atom is -0.389 e. The van der Waals surface area contributed by atoms with Crippen molar-refractivity contribution in [3.05, 3.63) is 12.4 Å². The highest BCUT2D eigenvalue weighted by Crippen LogP contribution is 2.15. The Balaban J connectivity index is 2.39. The Labute approximate surface area is 99.1 Å². The van der Waals surface area contributed by atoms with Gasteiger partial charge in [0.1, 0.15) is 0 Å². The van der Waals surface area contributed by atoms with Gasteiger partial charge >= 0.3 is 0 Å². The van der Waals surface area contributed by atoms with Gasteiger partial charge < -0.3 is 10.0 Å². The molecule has 0 atom stereocenters. The van der Waals surface area contributed by atoms with Crippen molar-refractivity contribution in [1.29, 1.82) is 0 Å². The maximum absolute atomic E-state index is 9.88. The quantitative estimate of drug-likeness (QED) is 0.812. The smallest absolute Gasteiger partial charge is 0.199 e. The number of hydrogen-bond acceptors (Lipinski definition) is 6. The molecule has 0 saturated carbocycles. The second kappa shape index (κ2) is 4.25. The van der Waals surface area contributed by atoms with E-state index in [1.807, 2.05) is 11.8 Å². The lowest BCUT2D eigenvalue weighted by molar-refractivity contribution is 0.0873. The average molecular weight is 236 g/mol. The number of fused-ring (bicyclic) bond motifs is 1. The van der Waals surface area contributed by atoms with Crippen LogP contribution in [0.25, 0.3) is 5.65 Å². The predicted molar refractivity (Wildman–Crippen MR) is 62.8 cm³/mol. The number of anilines is 1. The molecule has 17 heavy (non-hydrogen) atoms. The van der Waals surface area contributed by atoms with Crippen molar-refractivity contribution in [2.75, 3.05) is 18.0 Å². The predicted octanol–water partition coefficient (Wildman–Crippen LogP) is 0.116. The highest BCUT2D eigenvalue weighted by Gasteiger charge is 2.20. The van der Waals surface area contributed by atoms with Crippen molar-refractivity contribution in [2.45, 2.75) is 26.4 Å². The van der Waals surface area contributed by atoms with E-state index in [-0.39, 0.29) is 0 Å². The zero-order valence-corrected chi connectivity index (χ0v) is 10.2. The SMILES string of the molecule is CCN(CC(C)(C)O)c1cncc2nnnn12. The first-order valence-corrected chi connectivity index (χ1v) is 5.50. The zero-order chi connectivity index (χ0) is 12.5. The molecular weight excluding hydrogens is 220 g/mol. The van der Waals surface area contributed by atoms with Crippen LogP contribution < -0.4 is 4.90 Å². The van der Waals surface area contributed by atoms with Crippen LogP contribution in [0.3, 0.4) is 0 Å². The lowest BCUT2D eigenvalue weighted by Gasteiger charge is -2.29. The summed E-state index contributed by atoms with van der Waals surface area (Å²) in [6.45, 7) is 6.77. The number of rotatable bonds is 4. The molecule has 0 fully saturated rings. The number of aliphatic hydroxyl groups is 1. The number of aromatic nitrogens is 5. The summed E-state index contributed by atoms with van der Waals surface area (Å²) in [4.78, 5) is 6.08. The highest BCUT2D eigenvalue weighted by molar-refractivity contribution is 5.46. The van der Waals surface area contributed by atoms with E-state index in [0.29, 0.717) is 12.2 Å². The largest absolute Gasteiger partial charge is 0.389 e. The first-order chi connectivity index (χ1) is 8.01. The summed E-state index contributed by atoms with van der Waals surface area (Å²) in [5.74, 6) is 0.775. The second-order valence-electron chi connectivity index (χ2n) is 4.54. The van der Waals surface area contributed by atoms with Gasteiger partial charge in [0, 0.05) is 13.1 Å². The molecule has 0 unspecified atom stereocenters. The molecule has 92 valence electrons. The fraction of sp³-hybridized carbons (Fsp3) is 0.600. The molecule has 2 aromatic heterocycles. The summed E-state index contributed by atoms with van der Waals surface area (Å²) in [6.07, 6.45) is 3.29. The molecule has 0 aromatic carbocycles. The van der Waals surface area contributed by atoms with Gasteiger partial charge in [-0.25, -0.2) is 0 Å². The highest BCUT2D eigenvalue weighted by atomic mass is 16.3. The van der Waals surface area contributed by atoms with Gasteiger partial charge in [0.15, 0.2) is 11.5 Å². The van der Waals surface area contributed by atoms with Gasteiger partial charge in [0.05, 0.1) is 18.0 Å². The van der Waals surface area contributed by atoms with Crippen LogP contribution in [-0.4, -0.2) is 48.8 Å². The maximum Gasteiger partial charge on any atom is 0.199 e. The molecule has 0 saturated heterocycles. The molecule has 0 aliphatic carbocycles. The average Bonchev–Trinajstić information content (AvgIpc) is 2.72. The summed E-state index contributed by atoms with van der Waals surface area (Å²) < 4.78 is 1.61. The molecule has 0 spiro atoms. The lowest BCUT2D eigenvalue weighted by atomic mass is 10.1. The van der Waals surface area contributed by atoms with E-state index in [1.165, 1.54) is 0 Å². The third-order valence-corrected chi connectivity index (χ3v) is 2.37. The summed E-state index contributed by atoms with van der Waals surface area (Å²) in [5, 5.41) is 21.2.